The second-order valence-electron chi connectivity index (χ2n) is 8.93. The maximum absolute atomic E-state index is 13.5. The lowest BCUT2D eigenvalue weighted by molar-refractivity contribution is -0.126. The van der Waals surface area contributed by atoms with E-state index in [2.05, 4.69) is 37.0 Å². The molecule has 1 aliphatic heterocycles. The first-order valence-corrected chi connectivity index (χ1v) is 12.4. The smallest absolute Gasteiger partial charge is 0.388 e. The Labute approximate surface area is 203 Å². The van der Waals surface area contributed by atoms with Crippen molar-refractivity contribution in [3.05, 3.63) is 47.8 Å². The Morgan fingerprint density at radius 2 is 2.17 bits per heavy atom. The van der Waals surface area contributed by atoms with Gasteiger partial charge in [-0.25, -0.2) is 19.0 Å². The number of alkyl halides is 2. The van der Waals surface area contributed by atoms with Gasteiger partial charge in [0.15, 0.2) is 5.82 Å². The van der Waals surface area contributed by atoms with Crippen molar-refractivity contribution in [2.24, 2.45) is 5.92 Å². The fourth-order valence-electron chi connectivity index (χ4n) is 4.50. The number of thioether (sulfide) groups is 1. The van der Waals surface area contributed by atoms with Gasteiger partial charge in [-0.2, -0.15) is 25.6 Å². The summed E-state index contributed by atoms with van der Waals surface area (Å²) in [7, 11) is 0. The molecule has 0 spiro atoms. The Kier molecular flexibility index (Phi) is 6.39. The third kappa shape index (κ3) is 4.97. The number of nitrogens with one attached hydrogen (secondary N) is 1. The van der Waals surface area contributed by atoms with Crippen molar-refractivity contribution in [2.75, 3.05) is 11.5 Å². The first-order chi connectivity index (χ1) is 16.8. The predicted octanol–water partition coefficient (Wildman–Crippen LogP) is 3.58. The highest BCUT2D eigenvalue weighted by atomic mass is 32.2. The number of nitrogens with zero attached hydrogens (tertiary/aromatic N) is 5. The van der Waals surface area contributed by atoms with E-state index in [9.17, 15) is 18.0 Å². The molecule has 4 heterocycles. The highest BCUT2D eigenvalue weighted by Crippen LogP contribution is 2.35. The summed E-state index contributed by atoms with van der Waals surface area (Å²) in [4.78, 5) is 25.4. The standard InChI is InChI=1S/C23H23F3N6O2S/c1-23(6-7-35-12-23)30-21(33)13-2-4-15-17(8-13)32(18-5-3-14(24)9-28-18)31-20(15)16-10-27-11-19(29-16)34-22(25)26/h3,5,9-11,13,22H,2,4,6-8,12H2,1H3,(H,30,33). The molecule has 2 unspecified atom stereocenters. The average molecular weight is 505 g/mol. The Hall–Kier alpha value is -3.15. The van der Waals surface area contributed by atoms with Crippen LogP contribution in [0.4, 0.5) is 13.2 Å². The number of carbonyl (C=O) groups excluding carboxylic acids is 1. The van der Waals surface area contributed by atoms with Crippen LogP contribution in [0.5, 0.6) is 5.88 Å². The van der Waals surface area contributed by atoms with Gasteiger partial charge in [-0.3, -0.25) is 9.78 Å². The lowest BCUT2D eigenvalue weighted by Crippen LogP contribution is -2.49. The predicted molar refractivity (Wildman–Crippen MR) is 123 cm³/mol. The number of rotatable bonds is 6. The summed E-state index contributed by atoms with van der Waals surface area (Å²) in [5.74, 6) is 1.19. The van der Waals surface area contributed by atoms with Gasteiger partial charge in [0, 0.05) is 29.2 Å². The maximum atomic E-state index is 13.5. The van der Waals surface area contributed by atoms with Gasteiger partial charge < -0.3 is 10.1 Å². The molecule has 2 aliphatic rings. The highest BCUT2D eigenvalue weighted by molar-refractivity contribution is 7.99. The first-order valence-electron chi connectivity index (χ1n) is 11.2. The Morgan fingerprint density at radius 3 is 2.89 bits per heavy atom. The van der Waals surface area contributed by atoms with Crippen LogP contribution in [0.2, 0.25) is 0 Å². The van der Waals surface area contributed by atoms with E-state index in [4.69, 9.17) is 0 Å². The van der Waals surface area contributed by atoms with E-state index in [-0.39, 0.29) is 28.9 Å². The maximum Gasteiger partial charge on any atom is 0.388 e. The molecule has 1 fully saturated rings. The number of hydrogen-bond donors (Lipinski definition) is 1. The molecular weight excluding hydrogens is 481 g/mol. The summed E-state index contributed by atoms with van der Waals surface area (Å²) in [6, 6.07) is 2.77. The minimum Gasteiger partial charge on any atom is -0.415 e. The molecule has 1 aliphatic carbocycles. The van der Waals surface area contributed by atoms with Crippen LogP contribution in [0.15, 0.2) is 30.7 Å². The topological polar surface area (TPSA) is 94.8 Å². The summed E-state index contributed by atoms with van der Waals surface area (Å²) >= 11 is 1.83. The molecule has 0 bridgehead atoms. The number of fused-ring (bicyclic) bond motifs is 1. The van der Waals surface area contributed by atoms with Crippen LogP contribution in [-0.2, 0) is 17.6 Å². The molecule has 0 aromatic carbocycles. The number of amides is 1. The van der Waals surface area contributed by atoms with E-state index < -0.39 is 12.4 Å². The van der Waals surface area contributed by atoms with Crippen molar-refractivity contribution in [1.82, 2.24) is 30.0 Å². The molecule has 1 amide bonds. The van der Waals surface area contributed by atoms with E-state index in [1.165, 1.54) is 18.3 Å². The van der Waals surface area contributed by atoms with Gasteiger partial charge in [-0.15, -0.1) is 0 Å². The average Bonchev–Trinajstić information content (AvgIpc) is 3.43. The van der Waals surface area contributed by atoms with E-state index in [1.807, 2.05) is 11.8 Å². The second kappa shape index (κ2) is 9.48. The molecule has 3 aromatic heterocycles. The number of pyridine rings is 1. The van der Waals surface area contributed by atoms with Crippen LogP contribution < -0.4 is 10.1 Å². The van der Waals surface area contributed by atoms with Gasteiger partial charge in [0.2, 0.25) is 11.8 Å². The number of ether oxygens (including phenoxy) is 1. The van der Waals surface area contributed by atoms with Crippen LogP contribution in [-0.4, -0.2) is 54.3 Å². The largest absolute Gasteiger partial charge is 0.415 e. The number of aromatic nitrogens is 5. The molecule has 0 radical (unpaired) electrons. The minimum atomic E-state index is -3.03. The monoisotopic (exact) mass is 504 g/mol. The molecule has 35 heavy (non-hydrogen) atoms. The van der Waals surface area contributed by atoms with Gasteiger partial charge in [0.25, 0.3) is 0 Å². The van der Waals surface area contributed by atoms with Gasteiger partial charge >= 0.3 is 6.61 Å². The van der Waals surface area contributed by atoms with Crippen LogP contribution in [0.25, 0.3) is 17.2 Å². The molecule has 3 aromatic rings. The zero-order chi connectivity index (χ0) is 24.6. The normalized spacial score (nSPS) is 21.7. The Bertz CT molecular complexity index is 1230. The van der Waals surface area contributed by atoms with Crippen molar-refractivity contribution in [2.45, 2.75) is 44.8 Å². The van der Waals surface area contributed by atoms with Crippen LogP contribution in [0.1, 0.15) is 31.0 Å². The van der Waals surface area contributed by atoms with E-state index in [0.717, 1.165) is 41.6 Å². The quantitative estimate of drug-likeness (QED) is 0.548. The zero-order valence-electron chi connectivity index (χ0n) is 18.9. The Morgan fingerprint density at radius 1 is 1.31 bits per heavy atom. The number of hydrogen-bond acceptors (Lipinski definition) is 7. The fourth-order valence-corrected chi connectivity index (χ4v) is 5.91. The van der Waals surface area contributed by atoms with Crippen LogP contribution in [0.3, 0.4) is 0 Å². The van der Waals surface area contributed by atoms with Gasteiger partial charge in [-0.1, -0.05) is 0 Å². The minimum absolute atomic E-state index is 0.00543. The third-order valence-corrected chi connectivity index (χ3v) is 7.61. The van der Waals surface area contributed by atoms with E-state index in [0.29, 0.717) is 30.8 Å². The van der Waals surface area contributed by atoms with E-state index in [1.54, 1.807) is 4.68 Å². The van der Waals surface area contributed by atoms with Gasteiger partial charge in [-0.05, 0) is 44.1 Å². The van der Waals surface area contributed by atoms with Crippen LogP contribution in [0, 0.1) is 11.7 Å². The summed E-state index contributed by atoms with van der Waals surface area (Å²) in [6.07, 6.45) is 6.06. The zero-order valence-corrected chi connectivity index (χ0v) is 19.7. The molecule has 12 heteroatoms. The summed E-state index contributed by atoms with van der Waals surface area (Å²) in [5.41, 5.74) is 2.06. The summed E-state index contributed by atoms with van der Waals surface area (Å²) in [6.45, 7) is -0.967. The molecule has 0 saturated carbocycles. The molecule has 5 rings (SSSR count). The SMILES string of the molecule is CC1(NC(=O)C2CCc3c(-c4cncc(OC(F)F)n4)nn(-c4ccc(F)cn4)c3C2)CCSC1. The van der Waals surface area contributed by atoms with Gasteiger partial charge in [0.05, 0.1) is 24.3 Å². The van der Waals surface area contributed by atoms with Crippen molar-refractivity contribution < 1.29 is 22.7 Å². The summed E-state index contributed by atoms with van der Waals surface area (Å²) in [5, 5.41) is 7.87. The number of halogens is 3. The lowest BCUT2D eigenvalue weighted by atomic mass is 9.85. The first kappa shape index (κ1) is 23.6. The lowest BCUT2D eigenvalue weighted by Gasteiger charge is -2.29. The molecule has 1 saturated heterocycles. The molecule has 8 nitrogen and oxygen atoms in total. The van der Waals surface area contributed by atoms with Crippen molar-refractivity contribution >= 4 is 17.7 Å². The molecule has 184 valence electrons. The van der Waals surface area contributed by atoms with Gasteiger partial charge in [0.1, 0.15) is 17.2 Å². The van der Waals surface area contributed by atoms with E-state index >= 15 is 0 Å². The molecule has 1 N–H and O–H groups in total. The third-order valence-electron chi connectivity index (χ3n) is 6.28. The van der Waals surface area contributed by atoms with Crippen LogP contribution >= 0.6 is 11.8 Å². The highest BCUT2D eigenvalue weighted by Gasteiger charge is 2.36. The fraction of sp³-hybridized carbons (Fsp3) is 0.435. The van der Waals surface area contributed by atoms with Crippen molar-refractivity contribution in [3.63, 3.8) is 0 Å². The molecule has 2 atom stereocenters. The molecular formula is C23H23F3N6O2S. The van der Waals surface area contributed by atoms with Crippen molar-refractivity contribution in [1.29, 1.82) is 0 Å². The Balaban J connectivity index is 1.50. The summed E-state index contributed by atoms with van der Waals surface area (Å²) < 4.78 is 44.9. The van der Waals surface area contributed by atoms with Crippen molar-refractivity contribution in [3.8, 4) is 23.1 Å². The second-order valence-corrected chi connectivity index (χ2v) is 10.0. The number of carbonyl (C=O) groups is 1.